The molecule has 0 aliphatic rings. The second-order valence-corrected chi connectivity index (χ2v) is 57.5. The van der Waals surface area contributed by atoms with Gasteiger partial charge >= 0.3 is 0 Å². The molecule has 0 atom stereocenters. The standard InChI is InChI=1S/3C12H20S.6C11H19NS.9C2H6.CH4/c1-11(2,3)9-7-13-8-10(9)12(4,5)6;2*1-11(2,3)9-7-8-13-10(9)12(4,5)6;2*1-10(2,3)8-9(11(4,5)6)13-7-12-8;2*1-10(2,3)8-7-13-12-9(8)11(4,5)6;2*1-10(2,3)8-7-12-13-9(8)11(4,5)6;9*1-2;/h3*7-8H,1-6H3;6*7H,1-6H3;9*1-2H3;1H4. The Morgan fingerprint density at radius 1 is 0.184 bits per heavy atom. The molecular weight excluding hydrogens is 1830 g/mol. The summed E-state index contributed by atoms with van der Waals surface area (Å²) in [5, 5.41) is 13.4. The van der Waals surface area contributed by atoms with Crippen molar-refractivity contribution < 1.29 is 0 Å². The molecule has 9 heterocycles. The molecule has 0 fully saturated rings. The lowest BCUT2D eigenvalue weighted by molar-refractivity contribution is 0.522. The Labute approximate surface area is 890 Å². The van der Waals surface area contributed by atoms with Gasteiger partial charge < -0.3 is 0 Å². The lowest BCUT2D eigenvalue weighted by Crippen LogP contribution is -2.20. The smallest absolute Gasteiger partial charge is 0.0798 e. The SMILES string of the molecule is C.CC.CC.CC.CC.CC.CC.CC.CC.CC.CC(C)(C)c1ccsc1C(C)(C)C.CC(C)(C)c1ccsc1C(C)(C)C.CC(C)(C)c1cnsc1C(C)(C)C.CC(C)(C)c1cnsc1C(C)(C)C.CC(C)(C)c1cscc1C(C)(C)C.CC(C)(C)c1csnc1C(C)(C)C.CC(C)(C)c1csnc1C(C)(C)C.CC(C)(C)c1ncsc1C(C)(C)C.CC(C)(C)c1ncsc1C(C)(C)C. The van der Waals surface area contributed by atoms with Gasteiger partial charge in [0.15, 0.2) is 0 Å². The minimum absolute atomic E-state index is 0. The van der Waals surface area contributed by atoms with E-state index in [4.69, 9.17) is 0 Å². The predicted molar refractivity (Wildman–Crippen MR) is 651 cm³/mol. The molecule has 0 amide bonds. The molecule has 9 rings (SSSR count). The Morgan fingerprint density at radius 3 is 0.515 bits per heavy atom. The van der Waals surface area contributed by atoms with Crippen molar-refractivity contribution in [1.29, 1.82) is 0 Å². The van der Waals surface area contributed by atoms with Crippen molar-refractivity contribution in [3.63, 3.8) is 0 Å². The van der Waals surface area contributed by atoms with E-state index in [9.17, 15) is 0 Å². The van der Waals surface area contributed by atoms with Gasteiger partial charge in [-0.25, -0.2) is 18.7 Å². The second-order valence-electron chi connectivity index (χ2n) is 50.4. The molecule has 0 radical (unpaired) electrons. The van der Waals surface area contributed by atoms with Crippen molar-refractivity contribution >= 4 is 103 Å². The minimum Gasteiger partial charge on any atom is -0.249 e. The van der Waals surface area contributed by atoms with Gasteiger partial charge in [0.25, 0.3) is 0 Å². The van der Waals surface area contributed by atoms with Crippen molar-refractivity contribution in [3.8, 4) is 0 Å². The van der Waals surface area contributed by atoms with Crippen LogP contribution in [-0.4, -0.2) is 27.5 Å². The van der Waals surface area contributed by atoms with Gasteiger partial charge in [0, 0.05) is 74.1 Å². The van der Waals surface area contributed by atoms with Crippen LogP contribution in [0.2, 0.25) is 0 Å². The largest absolute Gasteiger partial charge is 0.249 e. The fourth-order valence-electron chi connectivity index (χ4n) is 12.3. The highest BCUT2D eigenvalue weighted by molar-refractivity contribution is 7.11. The van der Waals surface area contributed by atoms with Crippen LogP contribution in [0.4, 0.5) is 0 Å². The molecule has 800 valence electrons. The molecule has 136 heavy (non-hydrogen) atoms. The van der Waals surface area contributed by atoms with E-state index >= 15 is 0 Å². The topological polar surface area (TPSA) is 77.3 Å². The summed E-state index contributed by atoms with van der Waals surface area (Å²) in [6.07, 6.45) is 4.04. The average molecular weight is 2060 g/mol. The summed E-state index contributed by atoms with van der Waals surface area (Å²) in [7, 11) is 0. The molecule has 0 N–H and O–H groups in total. The zero-order valence-corrected chi connectivity index (χ0v) is 111. The molecule has 0 aromatic carbocycles. The zero-order valence-electron chi connectivity index (χ0n) is 103. The monoisotopic (exact) mass is 2060 g/mol. The first-order chi connectivity index (χ1) is 60.5. The Kier molecular flexibility index (Phi) is 73.6. The summed E-state index contributed by atoms with van der Waals surface area (Å²) in [6, 6.07) is 4.54. The van der Waals surface area contributed by atoms with Gasteiger partial charge in [0.1, 0.15) is 0 Å². The van der Waals surface area contributed by atoms with Crippen LogP contribution >= 0.6 is 103 Å². The lowest BCUT2D eigenvalue weighted by Gasteiger charge is -2.26. The van der Waals surface area contributed by atoms with Gasteiger partial charge in [-0.05, 0) is 200 Å². The van der Waals surface area contributed by atoms with Gasteiger partial charge in [-0.3, -0.25) is 0 Å². The molecule has 9 aromatic rings. The van der Waals surface area contributed by atoms with E-state index in [1.54, 1.807) is 68.8 Å². The molecule has 0 saturated carbocycles. The van der Waals surface area contributed by atoms with Gasteiger partial charge in [-0.2, -0.15) is 20.1 Å². The highest BCUT2D eigenvalue weighted by atomic mass is 32.1. The van der Waals surface area contributed by atoms with Crippen LogP contribution in [0.3, 0.4) is 0 Å². The summed E-state index contributed by atoms with van der Waals surface area (Å²) < 4.78 is 17.6. The molecular formula is C121H232N6S9. The minimum atomic E-state index is 0. The predicted octanol–water partition coefficient (Wildman–Crippen LogP) is 45.3. The van der Waals surface area contributed by atoms with Crippen LogP contribution in [0.5, 0.6) is 0 Å². The van der Waals surface area contributed by atoms with Crippen LogP contribution in [0, 0.1) is 0 Å². The molecule has 0 bridgehead atoms. The number of hydrogen-bond donors (Lipinski definition) is 0. The third kappa shape index (κ3) is 58.1. The van der Waals surface area contributed by atoms with E-state index in [1.807, 2.05) is 182 Å². The molecule has 0 saturated heterocycles. The van der Waals surface area contributed by atoms with E-state index in [-0.39, 0.29) is 105 Å². The molecule has 9 aromatic heterocycles. The van der Waals surface area contributed by atoms with E-state index < -0.39 is 0 Å². The van der Waals surface area contributed by atoms with Crippen LogP contribution in [0.1, 0.15) is 602 Å². The maximum Gasteiger partial charge on any atom is 0.0798 e. The first-order valence-corrected chi connectivity index (χ1v) is 59.2. The first-order valence-electron chi connectivity index (χ1n) is 51.5. The van der Waals surface area contributed by atoms with Crippen molar-refractivity contribution in [1.82, 2.24) is 27.5 Å². The van der Waals surface area contributed by atoms with Crippen molar-refractivity contribution in [2.75, 3.05) is 0 Å². The van der Waals surface area contributed by atoms with E-state index in [2.05, 4.69) is 446 Å². The van der Waals surface area contributed by atoms with E-state index in [0.717, 1.165) is 0 Å². The van der Waals surface area contributed by atoms with E-state index in [0.29, 0.717) is 0 Å². The maximum absolute atomic E-state index is 4.50. The quantitative estimate of drug-likeness (QED) is 0.151. The zero-order chi connectivity index (χ0) is 110. The molecule has 0 aliphatic carbocycles. The number of thiophene rings is 3. The Morgan fingerprint density at radius 2 is 0.375 bits per heavy atom. The Hall–Kier alpha value is -3.12. The van der Waals surface area contributed by atoms with Crippen molar-refractivity contribution in [3.05, 3.63) is 164 Å². The van der Waals surface area contributed by atoms with E-state index in [1.165, 1.54) is 96.5 Å². The van der Waals surface area contributed by atoms with Crippen molar-refractivity contribution in [2.24, 2.45) is 0 Å². The third-order valence-corrected chi connectivity index (χ3v) is 28.4. The highest BCUT2D eigenvalue weighted by Crippen LogP contribution is 2.44. The number of thiazole rings is 2. The first kappa shape index (κ1) is 153. The summed E-state index contributed by atoms with van der Waals surface area (Å²) >= 11 is 15.5. The van der Waals surface area contributed by atoms with Gasteiger partial charge in [0.2, 0.25) is 0 Å². The van der Waals surface area contributed by atoms with Crippen LogP contribution in [0.15, 0.2) is 67.8 Å². The number of nitrogens with zero attached hydrogens (tertiary/aromatic N) is 6. The van der Waals surface area contributed by atoms with Crippen molar-refractivity contribution in [2.45, 2.75) is 603 Å². The van der Waals surface area contributed by atoms with Crippen LogP contribution in [-0.2, 0) is 97.5 Å². The fourth-order valence-corrected chi connectivity index (χ4v) is 22.4. The molecule has 6 nitrogen and oxygen atoms in total. The number of rotatable bonds is 0. The van der Waals surface area contributed by atoms with Gasteiger partial charge in [-0.1, -0.05) is 506 Å². The molecule has 0 aliphatic heterocycles. The lowest BCUT2D eigenvalue weighted by atomic mass is 9.78. The normalized spacial score (nSPS) is 11.9. The number of aromatic nitrogens is 6. The maximum atomic E-state index is 4.50. The highest BCUT2D eigenvalue weighted by Gasteiger charge is 2.35. The number of hydrogen-bond acceptors (Lipinski definition) is 15. The molecule has 15 heteroatoms. The second kappa shape index (κ2) is 65.4. The molecule has 0 unspecified atom stereocenters. The summed E-state index contributed by atoms with van der Waals surface area (Å²) in [4.78, 5) is 17.7. The van der Waals surface area contributed by atoms with Crippen LogP contribution in [0.25, 0.3) is 0 Å². The third-order valence-electron chi connectivity index (χ3n) is 18.8. The van der Waals surface area contributed by atoms with Gasteiger partial charge in [-0.15, -0.1) is 45.3 Å². The fraction of sp³-hybridized carbons (Fsp3) is 0.752. The summed E-state index contributed by atoms with van der Waals surface area (Å²) in [6.45, 7) is 158. The summed E-state index contributed by atoms with van der Waals surface area (Å²) in [5.41, 5.74) is 24.7. The summed E-state index contributed by atoms with van der Waals surface area (Å²) in [5.74, 6) is 0. The molecule has 0 spiro atoms. The van der Waals surface area contributed by atoms with Crippen LogP contribution < -0.4 is 0 Å². The van der Waals surface area contributed by atoms with Gasteiger partial charge in [0.05, 0.1) is 33.8 Å². The average Bonchev–Trinajstić information content (AvgIpc) is 1.72. The Balaban J connectivity index is -0.000000160. The Bertz CT molecular complexity index is 3200.